The molecule has 6 heteroatoms. The molecule has 0 heterocycles. The highest BCUT2D eigenvalue weighted by molar-refractivity contribution is 5.78. The highest BCUT2D eigenvalue weighted by Gasteiger charge is 2.19. The van der Waals surface area contributed by atoms with E-state index in [1.165, 1.54) is 0 Å². The highest BCUT2D eigenvalue weighted by Crippen LogP contribution is 2.20. The smallest absolute Gasteiger partial charge is 0.334 e. The summed E-state index contributed by atoms with van der Waals surface area (Å²) in [5.74, 6) is -1.70. The van der Waals surface area contributed by atoms with Gasteiger partial charge in [-0.05, 0) is 11.8 Å². The van der Waals surface area contributed by atoms with E-state index >= 15 is 0 Å². The maximum absolute atomic E-state index is 11.4. The number of aliphatic hydroxyl groups excluding tert-OH is 1. The van der Waals surface area contributed by atoms with Crippen LogP contribution in [-0.2, 0) is 9.59 Å². The van der Waals surface area contributed by atoms with E-state index in [9.17, 15) is 9.59 Å². The van der Waals surface area contributed by atoms with Crippen molar-refractivity contribution in [2.45, 2.75) is 45.8 Å². The van der Waals surface area contributed by atoms with Crippen molar-refractivity contribution in [3.8, 4) is 0 Å². The number of hydrogen-bond donors (Lipinski definition) is 4. The molecule has 0 aromatic rings. The second-order valence-corrected chi connectivity index (χ2v) is 5.39. The molecule has 0 radical (unpaired) electrons. The Labute approximate surface area is 101 Å². The van der Waals surface area contributed by atoms with Crippen LogP contribution in [0.4, 0.5) is 0 Å². The van der Waals surface area contributed by atoms with E-state index in [2.05, 4.69) is 5.32 Å². The number of rotatable bonds is 6. The Kier molecular flexibility index (Phi) is 6.12. The molecule has 0 bridgehead atoms. The first-order valence-electron chi connectivity index (χ1n) is 5.55. The van der Waals surface area contributed by atoms with E-state index in [0.29, 0.717) is 6.42 Å². The van der Waals surface area contributed by atoms with Crippen LogP contribution in [0, 0.1) is 5.41 Å². The molecule has 2 atom stereocenters. The molecule has 5 N–H and O–H groups in total. The largest absolute Gasteiger partial charge is 0.479 e. The summed E-state index contributed by atoms with van der Waals surface area (Å²) in [6.07, 6.45) is -0.747. The molecule has 17 heavy (non-hydrogen) atoms. The third kappa shape index (κ3) is 8.65. The Balaban J connectivity index is 3.90. The monoisotopic (exact) mass is 246 g/mol. The molecule has 0 fully saturated rings. The molecule has 0 aliphatic rings. The van der Waals surface area contributed by atoms with E-state index in [1.807, 2.05) is 20.8 Å². The zero-order valence-corrected chi connectivity index (χ0v) is 10.6. The van der Waals surface area contributed by atoms with Crippen molar-refractivity contribution in [3.63, 3.8) is 0 Å². The van der Waals surface area contributed by atoms with Gasteiger partial charge >= 0.3 is 5.97 Å². The number of carbonyl (C=O) groups is 2. The van der Waals surface area contributed by atoms with Crippen LogP contribution in [0.1, 0.15) is 33.6 Å². The van der Waals surface area contributed by atoms with Crippen molar-refractivity contribution in [2.75, 3.05) is 6.54 Å². The molecule has 0 saturated carbocycles. The number of carboxylic acid groups (broad SMARTS) is 1. The minimum absolute atomic E-state index is 0.0419. The standard InChI is InChI=1S/C11H22N2O4/c1-11(2,3)5-7(12)4-9(15)13-6-8(14)10(16)17/h7-8,14H,4-6,12H2,1-3H3,(H,13,15)(H,16,17). The molecule has 2 unspecified atom stereocenters. The van der Waals surface area contributed by atoms with Crippen molar-refractivity contribution in [3.05, 3.63) is 0 Å². The predicted octanol–water partition coefficient (Wildman–Crippen LogP) is -0.298. The van der Waals surface area contributed by atoms with Crippen LogP contribution in [0.3, 0.4) is 0 Å². The Bertz CT molecular complexity index is 273. The van der Waals surface area contributed by atoms with Gasteiger partial charge < -0.3 is 21.3 Å². The van der Waals surface area contributed by atoms with Crippen molar-refractivity contribution in [2.24, 2.45) is 11.1 Å². The first-order valence-corrected chi connectivity index (χ1v) is 5.55. The summed E-state index contributed by atoms with van der Waals surface area (Å²) in [5.41, 5.74) is 5.83. The number of nitrogens with one attached hydrogen (secondary N) is 1. The van der Waals surface area contributed by atoms with E-state index in [-0.39, 0.29) is 30.3 Å². The molecule has 0 aromatic carbocycles. The number of aliphatic carboxylic acids is 1. The van der Waals surface area contributed by atoms with Gasteiger partial charge in [-0.1, -0.05) is 20.8 Å². The Morgan fingerprint density at radius 2 is 1.88 bits per heavy atom. The summed E-state index contributed by atoms with van der Waals surface area (Å²) in [7, 11) is 0. The molecule has 6 nitrogen and oxygen atoms in total. The summed E-state index contributed by atoms with van der Waals surface area (Å²) in [6.45, 7) is 5.78. The van der Waals surface area contributed by atoms with Crippen LogP contribution in [0.2, 0.25) is 0 Å². The van der Waals surface area contributed by atoms with Crippen molar-refractivity contribution < 1.29 is 19.8 Å². The second kappa shape index (κ2) is 6.56. The third-order valence-electron chi connectivity index (χ3n) is 2.10. The van der Waals surface area contributed by atoms with Crippen LogP contribution in [-0.4, -0.2) is 40.8 Å². The van der Waals surface area contributed by atoms with Gasteiger partial charge in [-0.15, -0.1) is 0 Å². The lowest BCUT2D eigenvalue weighted by Crippen LogP contribution is -2.39. The molecule has 0 spiro atoms. The lowest BCUT2D eigenvalue weighted by molar-refractivity contribution is -0.146. The molecule has 100 valence electrons. The first-order chi connectivity index (χ1) is 7.61. The topological polar surface area (TPSA) is 113 Å². The molecule has 0 rings (SSSR count). The molecule has 0 aliphatic carbocycles. The average Bonchev–Trinajstić information content (AvgIpc) is 2.10. The predicted molar refractivity (Wildman–Crippen MR) is 63.3 cm³/mol. The van der Waals surface area contributed by atoms with Crippen molar-refractivity contribution >= 4 is 11.9 Å². The van der Waals surface area contributed by atoms with Crippen LogP contribution in [0.25, 0.3) is 0 Å². The van der Waals surface area contributed by atoms with E-state index in [4.69, 9.17) is 15.9 Å². The molecule has 1 amide bonds. The van der Waals surface area contributed by atoms with Crippen LogP contribution in [0.5, 0.6) is 0 Å². The Hall–Kier alpha value is -1.14. The number of amides is 1. The normalized spacial score (nSPS) is 15.1. The fraction of sp³-hybridized carbons (Fsp3) is 0.818. The summed E-state index contributed by atoms with van der Waals surface area (Å²) >= 11 is 0. The lowest BCUT2D eigenvalue weighted by atomic mass is 9.87. The summed E-state index contributed by atoms with van der Waals surface area (Å²) < 4.78 is 0. The fourth-order valence-corrected chi connectivity index (χ4v) is 1.47. The summed E-state index contributed by atoms with van der Waals surface area (Å²) in [5, 5.41) is 19.7. The molecule has 0 saturated heterocycles. The number of carboxylic acids is 1. The summed E-state index contributed by atoms with van der Waals surface area (Å²) in [4.78, 5) is 21.7. The quantitative estimate of drug-likeness (QED) is 0.514. The van der Waals surface area contributed by atoms with Crippen molar-refractivity contribution in [1.82, 2.24) is 5.32 Å². The van der Waals surface area contributed by atoms with Gasteiger partial charge in [0.2, 0.25) is 5.91 Å². The van der Waals surface area contributed by atoms with Gasteiger partial charge in [-0.3, -0.25) is 4.79 Å². The maximum atomic E-state index is 11.4. The number of nitrogens with two attached hydrogens (primary N) is 1. The molecule has 0 aliphatic heterocycles. The maximum Gasteiger partial charge on any atom is 0.334 e. The van der Waals surface area contributed by atoms with E-state index < -0.39 is 12.1 Å². The fourth-order valence-electron chi connectivity index (χ4n) is 1.47. The minimum atomic E-state index is -1.57. The zero-order valence-electron chi connectivity index (χ0n) is 10.6. The summed E-state index contributed by atoms with van der Waals surface area (Å²) in [6, 6.07) is -0.267. The lowest BCUT2D eigenvalue weighted by Gasteiger charge is -2.22. The van der Waals surface area contributed by atoms with Crippen LogP contribution < -0.4 is 11.1 Å². The zero-order chi connectivity index (χ0) is 13.6. The molecular weight excluding hydrogens is 224 g/mol. The number of carbonyl (C=O) groups excluding carboxylic acids is 1. The van der Waals surface area contributed by atoms with Gasteiger partial charge in [0.05, 0.1) is 6.54 Å². The molecule has 0 aromatic heterocycles. The van der Waals surface area contributed by atoms with E-state index in [0.717, 1.165) is 0 Å². The van der Waals surface area contributed by atoms with Gasteiger partial charge in [0.15, 0.2) is 6.10 Å². The first kappa shape index (κ1) is 15.9. The third-order valence-corrected chi connectivity index (χ3v) is 2.10. The van der Waals surface area contributed by atoms with Gasteiger partial charge in [0.25, 0.3) is 0 Å². The number of hydrogen-bond acceptors (Lipinski definition) is 4. The van der Waals surface area contributed by atoms with Gasteiger partial charge in [0.1, 0.15) is 0 Å². The highest BCUT2D eigenvalue weighted by atomic mass is 16.4. The van der Waals surface area contributed by atoms with Gasteiger partial charge in [-0.2, -0.15) is 0 Å². The average molecular weight is 246 g/mol. The van der Waals surface area contributed by atoms with Gasteiger partial charge in [-0.25, -0.2) is 4.79 Å². The Morgan fingerprint density at radius 3 is 2.29 bits per heavy atom. The second-order valence-electron chi connectivity index (χ2n) is 5.39. The molecular formula is C11H22N2O4. The Morgan fingerprint density at radius 1 is 1.35 bits per heavy atom. The van der Waals surface area contributed by atoms with Crippen LogP contribution >= 0.6 is 0 Å². The SMILES string of the molecule is CC(C)(C)CC(N)CC(=O)NCC(O)C(=O)O. The minimum Gasteiger partial charge on any atom is -0.479 e. The van der Waals surface area contributed by atoms with Crippen LogP contribution in [0.15, 0.2) is 0 Å². The van der Waals surface area contributed by atoms with E-state index in [1.54, 1.807) is 0 Å². The van der Waals surface area contributed by atoms with Gasteiger partial charge in [0, 0.05) is 12.5 Å². The van der Waals surface area contributed by atoms with Crippen molar-refractivity contribution in [1.29, 1.82) is 0 Å². The number of aliphatic hydroxyl groups is 1.